The number of aromatic nitrogens is 2. The van der Waals surface area contributed by atoms with Crippen LogP contribution in [0.25, 0.3) is 16.9 Å². The molecule has 0 saturated heterocycles. The smallest absolute Gasteiger partial charge is 0.233 e. The fraction of sp³-hybridized carbons (Fsp3) is 0.286. The summed E-state index contributed by atoms with van der Waals surface area (Å²) in [7, 11) is -3.44. The van der Waals surface area contributed by atoms with Crippen molar-refractivity contribution in [2.75, 3.05) is 6.26 Å². The van der Waals surface area contributed by atoms with E-state index in [1.807, 2.05) is 27.7 Å². The van der Waals surface area contributed by atoms with E-state index < -0.39 is 27.5 Å². The van der Waals surface area contributed by atoms with Crippen molar-refractivity contribution in [1.82, 2.24) is 9.78 Å². The fourth-order valence-corrected chi connectivity index (χ4v) is 3.01. The summed E-state index contributed by atoms with van der Waals surface area (Å²) in [5, 5.41) is 3.59. The van der Waals surface area contributed by atoms with Gasteiger partial charge in [0.25, 0.3) is 0 Å². The lowest BCUT2D eigenvalue weighted by Gasteiger charge is -2.08. The zero-order valence-corrected chi connectivity index (χ0v) is 18.1. The molecule has 1 aromatic heterocycles. The Bertz CT molecular complexity index is 1040. The van der Waals surface area contributed by atoms with Crippen LogP contribution in [0.4, 0.5) is 17.6 Å². The van der Waals surface area contributed by atoms with Crippen LogP contribution in [0.15, 0.2) is 59.5 Å². The average Bonchev–Trinajstić information content (AvgIpc) is 3.17. The Labute approximate surface area is 174 Å². The quantitative estimate of drug-likeness (QED) is 0.455. The Morgan fingerprint density at radius 3 is 1.80 bits per heavy atom. The van der Waals surface area contributed by atoms with Crippen molar-refractivity contribution in [2.45, 2.75) is 38.8 Å². The molecule has 0 saturated carbocycles. The Morgan fingerprint density at radius 1 is 0.867 bits per heavy atom. The van der Waals surface area contributed by atoms with Gasteiger partial charge in [-0.15, -0.1) is 0 Å². The van der Waals surface area contributed by atoms with Crippen molar-refractivity contribution in [2.24, 2.45) is 0 Å². The number of alkyl halides is 3. The second-order valence-corrected chi connectivity index (χ2v) is 7.61. The van der Waals surface area contributed by atoms with E-state index in [4.69, 9.17) is 0 Å². The van der Waals surface area contributed by atoms with Crippen molar-refractivity contribution < 1.29 is 26.0 Å². The van der Waals surface area contributed by atoms with Crippen LogP contribution in [0.2, 0.25) is 0 Å². The van der Waals surface area contributed by atoms with Crippen LogP contribution in [-0.2, 0) is 16.0 Å². The van der Waals surface area contributed by atoms with Gasteiger partial charge in [-0.3, -0.25) is 0 Å². The highest BCUT2D eigenvalue weighted by atomic mass is 32.2. The second kappa shape index (κ2) is 10.4. The van der Waals surface area contributed by atoms with E-state index in [-0.39, 0.29) is 16.3 Å². The molecule has 0 aliphatic carbocycles. The summed E-state index contributed by atoms with van der Waals surface area (Å²) in [6, 6.07) is 11.1. The van der Waals surface area contributed by atoms with Crippen LogP contribution in [0, 0.1) is 5.82 Å². The minimum absolute atomic E-state index is 0.0350. The number of hydrogen-bond acceptors (Lipinski definition) is 3. The minimum Gasteiger partial charge on any atom is -0.233 e. The molecule has 0 aliphatic heterocycles. The molecule has 0 fully saturated rings. The Hall–Kier alpha value is -2.68. The summed E-state index contributed by atoms with van der Waals surface area (Å²) in [4.78, 5) is 0.0350. The summed E-state index contributed by atoms with van der Waals surface area (Å²) in [6.45, 7) is 8.00. The maximum atomic E-state index is 13.1. The highest BCUT2D eigenvalue weighted by Gasteiger charge is 2.35. The van der Waals surface area contributed by atoms with Crippen LogP contribution >= 0.6 is 0 Å². The molecular weight excluding hydrogens is 420 g/mol. The normalized spacial score (nSPS) is 11.1. The molecule has 0 amide bonds. The number of sulfone groups is 1. The molecule has 30 heavy (non-hydrogen) atoms. The summed E-state index contributed by atoms with van der Waals surface area (Å²) in [5.41, 5.74) is -0.428. The molecule has 1 heterocycles. The van der Waals surface area contributed by atoms with Crippen LogP contribution < -0.4 is 0 Å². The first-order chi connectivity index (χ1) is 14.1. The van der Waals surface area contributed by atoms with E-state index in [0.29, 0.717) is 5.56 Å². The second-order valence-electron chi connectivity index (χ2n) is 5.60. The predicted molar refractivity (Wildman–Crippen MR) is 110 cm³/mol. The number of rotatable bonds is 3. The molecule has 0 bridgehead atoms. The van der Waals surface area contributed by atoms with Gasteiger partial charge >= 0.3 is 6.18 Å². The van der Waals surface area contributed by atoms with Gasteiger partial charge in [-0.25, -0.2) is 17.5 Å². The molecule has 0 N–H and O–H groups in total. The molecule has 0 radical (unpaired) electrons. The molecule has 0 aliphatic rings. The largest absolute Gasteiger partial charge is 0.435 e. The molecule has 4 nitrogen and oxygen atoms in total. The Morgan fingerprint density at radius 2 is 1.37 bits per heavy atom. The highest BCUT2D eigenvalue weighted by Crippen LogP contribution is 2.33. The van der Waals surface area contributed by atoms with E-state index in [1.54, 1.807) is 0 Å². The summed E-state index contributed by atoms with van der Waals surface area (Å²) in [6.07, 6.45) is -3.63. The van der Waals surface area contributed by atoms with Crippen LogP contribution in [-0.4, -0.2) is 24.5 Å². The van der Waals surface area contributed by atoms with Gasteiger partial charge in [-0.2, -0.15) is 18.3 Å². The van der Waals surface area contributed by atoms with Crippen molar-refractivity contribution in [1.29, 1.82) is 0 Å². The van der Waals surface area contributed by atoms with E-state index in [9.17, 15) is 26.0 Å². The van der Waals surface area contributed by atoms with E-state index in [2.05, 4.69) is 5.10 Å². The lowest BCUT2D eigenvalue weighted by molar-refractivity contribution is -0.141. The Balaban J connectivity index is 0.00000106. The molecule has 164 valence electrons. The zero-order valence-electron chi connectivity index (χ0n) is 17.3. The first-order valence-electron chi connectivity index (χ1n) is 9.29. The molecule has 0 spiro atoms. The molecular formula is C21H24F4N2O2S. The van der Waals surface area contributed by atoms with Gasteiger partial charge in [-0.05, 0) is 54.6 Å². The number of benzene rings is 2. The van der Waals surface area contributed by atoms with Crippen molar-refractivity contribution >= 4 is 9.84 Å². The number of hydrogen-bond donors (Lipinski definition) is 0. The lowest BCUT2D eigenvalue weighted by atomic mass is 10.1. The molecule has 2 aromatic carbocycles. The van der Waals surface area contributed by atoms with Gasteiger partial charge in [0.15, 0.2) is 15.5 Å². The Kier molecular flexibility index (Phi) is 8.77. The van der Waals surface area contributed by atoms with Gasteiger partial charge < -0.3 is 0 Å². The van der Waals surface area contributed by atoms with Crippen LogP contribution in [0.5, 0.6) is 0 Å². The van der Waals surface area contributed by atoms with Gasteiger partial charge in [0, 0.05) is 11.8 Å². The van der Waals surface area contributed by atoms with Gasteiger partial charge in [0.2, 0.25) is 0 Å². The van der Waals surface area contributed by atoms with Gasteiger partial charge in [0.1, 0.15) is 5.82 Å². The monoisotopic (exact) mass is 444 g/mol. The summed E-state index contributed by atoms with van der Waals surface area (Å²) < 4.78 is 76.5. The first kappa shape index (κ1) is 25.4. The lowest BCUT2D eigenvalue weighted by Crippen LogP contribution is -2.07. The standard InChI is InChI=1S/C17H12F4N2O2S.2C2H6/c1-26(24,25)14-8-6-13(7-9-14)23-15(10-16(22-23)17(19,20)21)11-2-4-12(18)5-3-11;2*1-2/h2-10H,1H3;2*1-2H3. The third-order valence-electron chi connectivity index (χ3n) is 3.65. The van der Waals surface area contributed by atoms with Crippen molar-refractivity contribution in [3.05, 3.63) is 66.1 Å². The van der Waals surface area contributed by atoms with Crippen LogP contribution in [0.3, 0.4) is 0 Å². The molecule has 3 aromatic rings. The zero-order chi connectivity index (χ0) is 23.1. The molecule has 0 unspecified atom stereocenters. The summed E-state index contributed by atoms with van der Waals surface area (Å²) >= 11 is 0. The minimum atomic E-state index is -4.66. The average molecular weight is 444 g/mol. The van der Waals surface area contributed by atoms with E-state index in [0.717, 1.165) is 29.1 Å². The molecule has 9 heteroatoms. The maximum absolute atomic E-state index is 13.1. The fourth-order valence-electron chi connectivity index (χ4n) is 2.38. The topological polar surface area (TPSA) is 52.0 Å². The maximum Gasteiger partial charge on any atom is 0.435 e. The van der Waals surface area contributed by atoms with Crippen LogP contribution in [0.1, 0.15) is 33.4 Å². The summed E-state index contributed by atoms with van der Waals surface area (Å²) in [5.74, 6) is -0.520. The van der Waals surface area contributed by atoms with E-state index >= 15 is 0 Å². The van der Waals surface area contributed by atoms with Crippen molar-refractivity contribution in [3.8, 4) is 16.9 Å². The SMILES string of the molecule is CC.CC.CS(=O)(=O)c1ccc(-n2nc(C(F)(F)F)cc2-c2ccc(F)cc2)cc1. The van der Waals surface area contributed by atoms with Crippen molar-refractivity contribution in [3.63, 3.8) is 0 Å². The molecule has 3 rings (SSSR count). The highest BCUT2D eigenvalue weighted by molar-refractivity contribution is 7.90. The predicted octanol–water partition coefficient (Wildman–Crippen LogP) is 6.15. The van der Waals surface area contributed by atoms with Gasteiger partial charge in [0.05, 0.1) is 16.3 Å². The first-order valence-corrected chi connectivity index (χ1v) is 11.2. The number of nitrogens with zero attached hydrogens (tertiary/aromatic N) is 2. The third-order valence-corrected chi connectivity index (χ3v) is 4.78. The third kappa shape index (κ3) is 6.16. The number of halogens is 4. The van der Waals surface area contributed by atoms with E-state index in [1.165, 1.54) is 36.4 Å². The van der Waals surface area contributed by atoms with Gasteiger partial charge in [-0.1, -0.05) is 27.7 Å². The molecule has 0 atom stereocenters.